The summed E-state index contributed by atoms with van der Waals surface area (Å²) in [6.07, 6.45) is -0.983. The van der Waals surface area contributed by atoms with E-state index in [1.165, 1.54) is 36.4 Å². The lowest BCUT2D eigenvalue weighted by Gasteiger charge is -2.27. The maximum absolute atomic E-state index is 14.0. The van der Waals surface area contributed by atoms with Gasteiger partial charge < -0.3 is 9.47 Å². The number of Topliss-reactive ketones (excluding diaryl/α,β-unsaturated/α-hetero) is 2. The van der Waals surface area contributed by atoms with Crippen LogP contribution < -0.4 is 4.90 Å². The summed E-state index contributed by atoms with van der Waals surface area (Å²) in [7, 11) is 0. The quantitative estimate of drug-likeness (QED) is 0.299. The molecule has 2 heterocycles. The number of aryl methyl sites for hydroxylation is 1. The Morgan fingerprint density at radius 1 is 0.868 bits per heavy atom. The zero-order chi connectivity index (χ0) is 26.8. The van der Waals surface area contributed by atoms with Crippen LogP contribution in [0.15, 0.2) is 72.8 Å². The normalized spacial score (nSPS) is 23.2. The molecule has 0 unspecified atom stereocenters. The third-order valence-electron chi connectivity index (χ3n) is 7.56. The highest BCUT2D eigenvalue weighted by molar-refractivity contribution is 6.37. The van der Waals surface area contributed by atoms with Crippen LogP contribution in [0.4, 0.5) is 5.69 Å². The average molecular weight is 510 g/mol. The highest BCUT2D eigenvalue weighted by Gasteiger charge is 2.74. The second-order valence-electron chi connectivity index (χ2n) is 9.67. The lowest BCUT2D eigenvalue weighted by atomic mass is 9.77. The van der Waals surface area contributed by atoms with Crippen LogP contribution in [0, 0.1) is 18.8 Å². The first kappa shape index (κ1) is 23.9. The number of rotatable bonds is 4. The van der Waals surface area contributed by atoms with E-state index in [0.717, 1.165) is 10.5 Å². The summed E-state index contributed by atoms with van der Waals surface area (Å²) in [5, 5.41) is 0. The van der Waals surface area contributed by atoms with Crippen LogP contribution in [0.25, 0.3) is 0 Å². The minimum atomic E-state index is -2.13. The molecule has 3 aromatic rings. The molecular weight excluding hydrogens is 486 g/mol. The smallest absolute Gasteiger partial charge is 0.338 e. The van der Waals surface area contributed by atoms with E-state index in [1.807, 2.05) is 19.1 Å². The van der Waals surface area contributed by atoms with Crippen LogP contribution in [0.5, 0.6) is 0 Å². The number of amides is 2. The van der Waals surface area contributed by atoms with E-state index in [1.54, 1.807) is 31.2 Å². The topological polar surface area (TPSA) is 107 Å². The van der Waals surface area contributed by atoms with Gasteiger partial charge in [-0.15, -0.1) is 0 Å². The average Bonchev–Trinajstić information content (AvgIpc) is 3.49. The van der Waals surface area contributed by atoms with Crippen LogP contribution in [0.3, 0.4) is 0 Å². The van der Waals surface area contributed by atoms with Crippen molar-refractivity contribution in [2.24, 2.45) is 11.8 Å². The maximum Gasteiger partial charge on any atom is 0.338 e. The summed E-state index contributed by atoms with van der Waals surface area (Å²) < 4.78 is 11.3. The SMILES string of the molecule is CCOC(=O)c1ccc(N2C(=O)[C@@H]3[C@@H](C2=O)C2(O[C@H]3c3ccc(C)cc3)C(=O)c3ccccc3C2=O)cc1. The van der Waals surface area contributed by atoms with Gasteiger partial charge in [0.2, 0.25) is 29.0 Å². The predicted molar refractivity (Wildman–Crippen MR) is 135 cm³/mol. The van der Waals surface area contributed by atoms with Crippen LogP contribution in [0.1, 0.15) is 55.2 Å². The molecule has 0 N–H and O–H groups in total. The summed E-state index contributed by atoms with van der Waals surface area (Å²) in [4.78, 5) is 68.6. The summed E-state index contributed by atoms with van der Waals surface area (Å²) in [6.45, 7) is 3.81. The lowest BCUT2D eigenvalue weighted by molar-refractivity contribution is -0.127. The second-order valence-corrected chi connectivity index (χ2v) is 9.67. The number of carbonyl (C=O) groups is 5. The number of esters is 1. The van der Waals surface area contributed by atoms with Crippen molar-refractivity contribution in [2.45, 2.75) is 25.6 Å². The minimum Gasteiger partial charge on any atom is -0.462 e. The Kier molecular flexibility index (Phi) is 5.39. The molecule has 2 fully saturated rings. The first-order chi connectivity index (χ1) is 18.3. The Morgan fingerprint density at radius 3 is 2.05 bits per heavy atom. The number of anilines is 1. The summed E-state index contributed by atoms with van der Waals surface area (Å²) >= 11 is 0. The summed E-state index contributed by atoms with van der Waals surface area (Å²) in [6, 6.07) is 19.5. The van der Waals surface area contributed by atoms with Gasteiger partial charge in [-0.3, -0.25) is 19.2 Å². The van der Waals surface area contributed by atoms with Crippen molar-refractivity contribution >= 4 is 35.0 Å². The maximum atomic E-state index is 14.0. The van der Waals surface area contributed by atoms with Gasteiger partial charge in [0.25, 0.3) is 0 Å². The zero-order valence-electron chi connectivity index (χ0n) is 20.7. The molecule has 190 valence electrons. The summed E-state index contributed by atoms with van der Waals surface area (Å²) in [5.74, 6) is -5.42. The van der Waals surface area contributed by atoms with Crippen LogP contribution >= 0.6 is 0 Å². The Hall–Kier alpha value is -4.43. The van der Waals surface area contributed by atoms with Crippen molar-refractivity contribution in [1.29, 1.82) is 0 Å². The van der Waals surface area contributed by atoms with Gasteiger partial charge in [-0.1, -0.05) is 54.1 Å². The fourth-order valence-corrected chi connectivity index (χ4v) is 5.79. The summed E-state index contributed by atoms with van der Waals surface area (Å²) in [5.41, 5.74) is 0.308. The van der Waals surface area contributed by atoms with Gasteiger partial charge in [-0.2, -0.15) is 0 Å². The van der Waals surface area contributed by atoms with Crippen LogP contribution in [0.2, 0.25) is 0 Å². The van der Waals surface area contributed by atoms with Gasteiger partial charge in [-0.25, -0.2) is 9.69 Å². The van der Waals surface area contributed by atoms with Gasteiger partial charge in [-0.05, 0) is 43.7 Å². The molecular formula is C30H23NO7. The highest BCUT2D eigenvalue weighted by atomic mass is 16.5. The molecule has 2 amide bonds. The largest absolute Gasteiger partial charge is 0.462 e. The lowest BCUT2D eigenvalue weighted by Crippen LogP contribution is -2.51. The molecule has 0 radical (unpaired) electrons. The van der Waals surface area contributed by atoms with E-state index in [4.69, 9.17) is 9.47 Å². The van der Waals surface area contributed by atoms with E-state index in [2.05, 4.69) is 0 Å². The molecule has 2 saturated heterocycles. The number of benzene rings is 3. The van der Waals surface area contributed by atoms with E-state index in [-0.39, 0.29) is 29.0 Å². The highest BCUT2D eigenvalue weighted by Crippen LogP contribution is 2.57. The number of hydrogen-bond acceptors (Lipinski definition) is 7. The molecule has 0 saturated carbocycles. The molecule has 1 aliphatic carbocycles. The van der Waals surface area contributed by atoms with Crippen molar-refractivity contribution in [2.75, 3.05) is 11.5 Å². The fraction of sp³-hybridized carbons (Fsp3) is 0.233. The van der Waals surface area contributed by atoms with Crippen molar-refractivity contribution in [3.63, 3.8) is 0 Å². The number of nitrogens with zero attached hydrogens (tertiary/aromatic N) is 1. The monoisotopic (exact) mass is 509 g/mol. The van der Waals surface area contributed by atoms with Crippen LogP contribution in [-0.2, 0) is 19.1 Å². The van der Waals surface area contributed by atoms with E-state index < -0.39 is 52.9 Å². The van der Waals surface area contributed by atoms with Crippen molar-refractivity contribution in [3.05, 3.63) is 101 Å². The number of ketones is 2. The minimum absolute atomic E-state index is 0.179. The third-order valence-corrected chi connectivity index (χ3v) is 7.56. The predicted octanol–water partition coefficient (Wildman–Crippen LogP) is 3.87. The standard InChI is InChI=1S/C30H23NO7/c1-3-37-29(36)18-12-14-19(15-13-18)31-27(34)22-23(28(31)35)30(38-24(22)17-10-8-16(2)9-11-17)25(32)20-6-4-5-7-21(20)26(30)33/h4-15,22-24H,3H2,1-2H3/t22-,23+,24+/m1/s1. The fourth-order valence-electron chi connectivity index (χ4n) is 5.79. The van der Waals surface area contributed by atoms with E-state index in [0.29, 0.717) is 5.56 Å². The molecule has 3 aliphatic rings. The Morgan fingerprint density at radius 2 is 1.47 bits per heavy atom. The number of ether oxygens (including phenoxy) is 2. The second kappa shape index (κ2) is 8.56. The van der Waals surface area contributed by atoms with Gasteiger partial charge >= 0.3 is 5.97 Å². The Bertz CT molecular complexity index is 1490. The molecule has 2 aliphatic heterocycles. The van der Waals surface area contributed by atoms with Gasteiger partial charge in [0.05, 0.1) is 35.8 Å². The third kappa shape index (κ3) is 3.16. The van der Waals surface area contributed by atoms with Crippen molar-refractivity contribution in [3.8, 4) is 0 Å². The number of carbonyl (C=O) groups excluding carboxylic acids is 5. The molecule has 0 aromatic heterocycles. The molecule has 8 heteroatoms. The van der Waals surface area contributed by atoms with Crippen molar-refractivity contribution < 1.29 is 33.4 Å². The number of fused-ring (bicyclic) bond motifs is 3. The van der Waals surface area contributed by atoms with Crippen molar-refractivity contribution in [1.82, 2.24) is 0 Å². The first-order valence-electron chi connectivity index (χ1n) is 12.4. The molecule has 38 heavy (non-hydrogen) atoms. The molecule has 0 bridgehead atoms. The van der Waals surface area contributed by atoms with Crippen LogP contribution in [-0.4, -0.2) is 41.6 Å². The number of hydrogen-bond donors (Lipinski definition) is 0. The van der Waals surface area contributed by atoms with Gasteiger partial charge in [0.1, 0.15) is 0 Å². The van der Waals surface area contributed by atoms with Gasteiger partial charge in [0, 0.05) is 11.1 Å². The molecule has 8 nitrogen and oxygen atoms in total. The van der Waals surface area contributed by atoms with E-state index >= 15 is 0 Å². The zero-order valence-corrected chi connectivity index (χ0v) is 20.7. The van der Waals surface area contributed by atoms with Gasteiger partial charge in [0.15, 0.2) is 0 Å². The molecule has 3 atom stereocenters. The number of imide groups is 1. The molecule has 3 aromatic carbocycles. The molecule has 1 spiro atoms. The Labute approximate surface area is 218 Å². The molecule has 6 rings (SSSR count). The van der Waals surface area contributed by atoms with E-state index in [9.17, 15) is 24.0 Å². The Balaban J connectivity index is 1.46. The first-order valence-corrected chi connectivity index (χ1v) is 12.4.